The molecule has 0 fully saturated rings. The van der Waals surface area contributed by atoms with Crippen LogP contribution in [0.15, 0.2) is 42.5 Å². The molecule has 2 rings (SSSR count). The van der Waals surface area contributed by atoms with Crippen molar-refractivity contribution in [1.82, 2.24) is 0 Å². The van der Waals surface area contributed by atoms with Crippen molar-refractivity contribution >= 4 is 17.3 Å². The molecule has 0 aliphatic carbocycles. The minimum absolute atomic E-state index is 0.0991. The molecule has 112 valence electrons. The maximum absolute atomic E-state index is 6.12. The Hall–Kier alpha value is -1.71. The van der Waals surface area contributed by atoms with Crippen LogP contribution in [0.3, 0.4) is 0 Å². The van der Waals surface area contributed by atoms with Gasteiger partial charge in [0, 0.05) is 35.9 Å². The molecular weight excluding hydrogens is 284 g/mol. The molecule has 0 unspecified atom stereocenters. The van der Waals surface area contributed by atoms with Crippen LogP contribution in [-0.4, -0.2) is 14.2 Å². The van der Waals surface area contributed by atoms with E-state index in [-0.39, 0.29) is 6.04 Å². The Kier molecular flexibility index (Phi) is 5.10. The standard InChI is InChI=1S/C17H21ClN2O/c1-12(19)17-15(8-5-9-16(17)21-3)20(2)11-13-6-4-7-14(18)10-13/h4-10,12H,11,19H2,1-3H3/t12-/m1/s1. The van der Waals surface area contributed by atoms with Crippen molar-refractivity contribution in [3.05, 3.63) is 58.6 Å². The Bertz CT molecular complexity index is 613. The zero-order chi connectivity index (χ0) is 15.4. The number of methoxy groups -OCH3 is 1. The van der Waals surface area contributed by atoms with E-state index in [1.165, 1.54) is 0 Å². The van der Waals surface area contributed by atoms with Crippen molar-refractivity contribution in [3.63, 3.8) is 0 Å². The Balaban J connectivity index is 2.32. The lowest BCUT2D eigenvalue weighted by Crippen LogP contribution is -2.20. The highest BCUT2D eigenvalue weighted by atomic mass is 35.5. The normalized spacial score (nSPS) is 12.0. The second-order valence-electron chi connectivity index (χ2n) is 5.17. The fourth-order valence-corrected chi connectivity index (χ4v) is 2.71. The fraction of sp³-hybridized carbons (Fsp3) is 0.294. The molecule has 1 atom stereocenters. The average Bonchev–Trinajstić information content (AvgIpc) is 2.46. The highest BCUT2D eigenvalue weighted by Crippen LogP contribution is 2.33. The first-order valence-electron chi connectivity index (χ1n) is 6.91. The second-order valence-corrected chi connectivity index (χ2v) is 5.60. The van der Waals surface area contributed by atoms with Gasteiger partial charge in [-0.25, -0.2) is 0 Å². The Morgan fingerprint density at radius 3 is 2.57 bits per heavy atom. The van der Waals surface area contributed by atoms with Crippen LogP contribution in [0.1, 0.15) is 24.1 Å². The smallest absolute Gasteiger partial charge is 0.125 e. The van der Waals surface area contributed by atoms with Gasteiger partial charge in [-0.2, -0.15) is 0 Å². The summed E-state index contributed by atoms with van der Waals surface area (Å²) < 4.78 is 5.44. The maximum Gasteiger partial charge on any atom is 0.125 e. The lowest BCUT2D eigenvalue weighted by atomic mass is 10.0. The Morgan fingerprint density at radius 2 is 1.95 bits per heavy atom. The summed E-state index contributed by atoms with van der Waals surface area (Å²) in [5.41, 5.74) is 9.37. The van der Waals surface area contributed by atoms with Gasteiger partial charge in [0.1, 0.15) is 5.75 Å². The summed E-state index contributed by atoms with van der Waals surface area (Å²) >= 11 is 6.05. The topological polar surface area (TPSA) is 38.5 Å². The van der Waals surface area contributed by atoms with E-state index >= 15 is 0 Å². The van der Waals surface area contributed by atoms with E-state index in [4.69, 9.17) is 22.1 Å². The molecular formula is C17H21ClN2O. The SMILES string of the molecule is COc1cccc(N(C)Cc2cccc(Cl)c2)c1[C@@H](C)N. The fourth-order valence-electron chi connectivity index (χ4n) is 2.50. The summed E-state index contributed by atoms with van der Waals surface area (Å²) in [4.78, 5) is 2.16. The number of nitrogens with two attached hydrogens (primary N) is 1. The van der Waals surface area contributed by atoms with Crippen LogP contribution in [0.2, 0.25) is 5.02 Å². The van der Waals surface area contributed by atoms with E-state index in [0.29, 0.717) is 0 Å². The predicted octanol–water partition coefficient (Wildman–Crippen LogP) is 4.00. The van der Waals surface area contributed by atoms with Crippen molar-refractivity contribution in [1.29, 1.82) is 0 Å². The second kappa shape index (κ2) is 6.83. The summed E-state index contributed by atoms with van der Waals surface area (Å²) in [6, 6.07) is 13.8. The quantitative estimate of drug-likeness (QED) is 0.907. The van der Waals surface area contributed by atoms with Gasteiger partial charge in [-0.05, 0) is 36.8 Å². The zero-order valence-electron chi connectivity index (χ0n) is 12.6. The minimum Gasteiger partial charge on any atom is -0.496 e. The van der Waals surface area contributed by atoms with E-state index in [9.17, 15) is 0 Å². The van der Waals surface area contributed by atoms with Crippen molar-refractivity contribution in [2.24, 2.45) is 5.73 Å². The molecule has 21 heavy (non-hydrogen) atoms. The molecule has 0 bridgehead atoms. The van der Waals surface area contributed by atoms with Crippen LogP contribution in [0.4, 0.5) is 5.69 Å². The number of hydrogen-bond donors (Lipinski definition) is 1. The molecule has 0 radical (unpaired) electrons. The van der Waals surface area contributed by atoms with Crippen LogP contribution in [-0.2, 0) is 6.54 Å². The summed E-state index contributed by atoms with van der Waals surface area (Å²) in [7, 11) is 3.71. The van der Waals surface area contributed by atoms with E-state index in [0.717, 1.165) is 34.1 Å². The van der Waals surface area contributed by atoms with Crippen LogP contribution in [0.5, 0.6) is 5.75 Å². The third-order valence-corrected chi connectivity index (χ3v) is 3.67. The molecule has 0 heterocycles. The van der Waals surface area contributed by atoms with Gasteiger partial charge in [0.2, 0.25) is 0 Å². The molecule has 0 aliphatic heterocycles. The number of nitrogens with zero attached hydrogens (tertiary/aromatic N) is 1. The Labute approximate surface area is 131 Å². The molecule has 0 spiro atoms. The first-order chi connectivity index (χ1) is 10.0. The third kappa shape index (κ3) is 3.69. The third-order valence-electron chi connectivity index (χ3n) is 3.44. The van der Waals surface area contributed by atoms with Gasteiger partial charge < -0.3 is 15.4 Å². The first kappa shape index (κ1) is 15.7. The van der Waals surface area contributed by atoms with Gasteiger partial charge in [-0.3, -0.25) is 0 Å². The zero-order valence-corrected chi connectivity index (χ0v) is 13.4. The lowest BCUT2D eigenvalue weighted by Gasteiger charge is -2.25. The van der Waals surface area contributed by atoms with Crippen molar-refractivity contribution in [3.8, 4) is 5.75 Å². The number of hydrogen-bond acceptors (Lipinski definition) is 3. The number of rotatable bonds is 5. The van der Waals surface area contributed by atoms with Crippen LogP contribution >= 0.6 is 11.6 Å². The number of ether oxygens (including phenoxy) is 1. The monoisotopic (exact) mass is 304 g/mol. The number of halogens is 1. The molecule has 4 heteroatoms. The van der Waals surface area contributed by atoms with Gasteiger partial charge in [-0.15, -0.1) is 0 Å². The minimum atomic E-state index is -0.0991. The number of anilines is 1. The lowest BCUT2D eigenvalue weighted by molar-refractivity contribution is 0.407. The Morgan fingerprint density at radius 1 is 1.24 bits per heavy atom. The average molecular weight is 305 g/mol. The van der Waals surface area contributed by atoms with E-state index in [1.807, 2.05) is 44.3 Å². The maximum atomic E-state index is 6.12. The summed E-state index contributed by atoms with van der Waals surface area (Å²) in [6.45, 7) is 2.72. The largest absolute Gasteiger partial charge is 0.496 e. The first-order valence-corrected chi connectivity index (χ1v) is 7.28. The van der Waals surface area contributed by atoms with Crippen molar-refractivity contribution in [2.75, 3.05) is 19.1 Å². The molecule has 2 aromatic carbocycles. The molecule has 2 aromatic rings. The van der Waals surface area contributed by atoms with Gasteiger partial charge in [-0.1, -0.05) is 29.8 Å². The van der Waals surface area contributed by atoms with Crippen molar-refractivity contribution < 1.29 is 4.74 Å². The van der Waals surface area contributed by atoms with Crippen LogP contribution in [0.25, 0.3) is 0 Å². The molecule has 0 amide bonds. The molecule has 3 nitrogen and oxygen atoms in total. The van der Waals surface area contributed by atoms with Crippen LogP contribution in [0, 0.1) is 0 Å². The summed E-state index contributed by atoms with van der Waals surface area (Å²) in [5.74, 6) is 0.820. The van der Waals surface area contributed by atoms with E-state index < -0.39 is 0 Å². The molecule has 2 N–H and O–H groups in total. The number of benzene rings is 2. The molecule has 0 aromatic heterocycles. The van der Waals surface area contributed by atoms with E-state index in [1.54, 1.807) is 7.11 Å². The summed E-state index contributed by atoms with van der Waals surface area (Å²) in [5, 5.41) is 0.749. The van der Waals surface area contributed by atoms with Crippen molar-refractivity contribution in [2.45, 2.75) is 19.5 Å². The highest BCUT2D eigenvalue weighted by molar-refractivity contribution is 6.30. The van der Waals surface area contributed by atoms with Gasteiger partial charge in [0.15, 0.2) is 0 Å². The van der Waals surface area contributed by atoms with Crippen LogP contribution < -0.4 is 15.4 Å². The molecule has 0 saturated carbocycles. The van der Waals surface area contributed by atoms with E-state index in [2.05, 4.69) is 17.0 Å². The highest BCUT2D eigenvalue weighted by Gasteiger charge is 2.16. The van der Waals surface area contributed by atoms with Gasteiger partial charge in [0.05, 0.1) is 7.11 Å². The predicted molar refractivity (Wildman–Crippen MR) is 89.2 cm³/mol. The molecule has 0 aliphatic rings. The van der Waals surface area contributed by atoms with Gasteiger partial charge in [0.25, 0.3) is 0 Å². The summed E-state index contributed by atoms with van der Waals surface area (Å²) in [6.07, 6.45) is 0. The molecule has 0 saturated heterocycles. The van der Waals surface area contributed by atoms with Gasteiger partial charge >= 0.3 is 0 Å².